The van der Waals surface area contributed by atoms with E-state index in [4.69, 9.17) is 9.47 Å². The van der Waals surface area contributed by atoms with E-state index in [9.17, 15) is 19.2 Å². The molecule has 0 heterocycles. The average Bonchev–Trinajstić information content (AvgIpc) is 3.05. The van der Waals surface area contributed by atoms with Crippen LogP contribution in [0.4, 0.5) is 4.79 Å². The van der Waals surface area contributed by atoms with Gasteiger partial charge >= 0.3 is 12.1 Å². The largest absolute Gasteiger partial charge is 0.459 e. The molecule has 2 aromatic carbocycles. The number of benzene rings is 2. The van der Waals surface area contributed by atoms with Gasteiger partial charge in [0.25, 0.3) is 0 Å². The van der Waals surface area contributed by atoms with Gasteiger partial charge in [-0.3, -0.25) is 9.59 Å². The molecule has 0 spiro atoms. The predicted octanol–water partition coefficient (Wildman–Crippen LogP) is 7.60. The Hall–Kier alpha value is -4.40. The van der Waals surface area contributed by atoms with Crippen LogP contribution < -0.4 is 16.0 Å². The molecule has 0 radical (unpaired) electrons. The van der Waals surface area contributed by atoms with Crippen LogP contribution in [0, 0.1) is 5.92 Å². The number of nitrogens with one attached hydrogen (secondary N) is 3. The molecule has 1 unspecified atom stereocenters. The van der Waals surface area contributed by atoms with Gasteiger partial charge in [-0.05, 0) is 70.4 Å². The Bertz CT molecular complexity index is 1330. The summed E-state index contributed by atoms with van der Waals surface area (Å²) >= 11 is 0. The van der Waals surface area contributed by atoms with Gasteiger partial charge < -0.3 is 25.4 Å². The minimum atomic E-state index is -0.988. The third-order valence-corrected chi connectivity index (χ3v) is 7.02. The van der Waals surface area contributed by atoms with Crippen LogP contribution in [0.15, 0.2) is 84.5 Å². The van der Waals surface area contributed by atoms with Crippen molar-refractivity contribution in [3.63, 3.8) is 0 Å². The van der Waals surface area contributed by atoms with E-state index in [1.165, 1.54) is 0 Å². The van der Waals surface area contributed by atoms with Crippen LogP contribution in [-0.4, -0.2) is 47.6 Å². The highest BCUT2D eigenvalue weighted by atomic mass is 16.6. The summed E-state index contributed by atoms with van der Waals surface area (Å²) in [5.41, 5.74) is 1.95. The van der Waals surface area contributed by atoms with Crippen LogP contribution >= 0.6 is 0 Å². The molecule has 0 fully saturated rings. The number of ether oxygens (including phenoxy) is 2. The van der Waals surface area contributed by atoms with Crippen LogP contribution in [0.5, 0.6) is 0 Å². The van der Waals surface area contributed by atoms with E-state index in [2.05, 4.69) is 22.0 Å². The van der Waals surface area contributed by atoms with Gasteiger partial charge in [0.2, 0.25) is 11.8 Å². The van der Waals surface area contributed by atoms with E-state index in [1.54, 1.807) is 20.8 Å². The molecule has 0 aromatic heterocycles. The van der Waals surface area contributed by atoms with Crippen LogP contribution in [0.2, 0.25) is 0 Å². The second kappa shape index (κ2) is 23.0. The Morgan fingerprint density at radius 2 is 1.35 bits per heavy atom. The lowest BCUT2D eigenvalue weighted by molar-refractivity contribution is -0.149. The molecule has 270 valence electrons. The molecule has 0 saturated heterocycles. The Morgan fingerprint density at radius 1 is 0.796 bits per heavy atom. The molecule has 2 rings (SSSR count). The van der Waals surface area contributed by atoms with Gasteiger partial charge in [-0.2, -0.15) is 0 Å². The minimum absolute atomic E-state index is 0.0368. The van der Waals surface area contributed by atoms with E-state index < -0.39 is 47.6 Å². The van der Waals surface area contributed by atoms with Gasteiger partial charge in [0, 0.05) is 6.42 Å². The summed E-state index contributed by atoms with van der Waals surface area (Å²) in [6, 6.07) is 15.7. The number of esters is 1. The molecule has 49 heavy (non-hydrogen) atoms. The monoisotopic (exact) mass is 677 g/mol. The van der Waals surface area contributed by atoms with Crippen LogP contribution in [0.3, 0.4) is 0 Å². The highest BCUT2D eigenvalue weighted by Crippen LogP contribution is 2.15. The lowest BCUT2D eigenvalue weighted by atomic mass is 9.99. The second-order valence-corrected chi connectivity index (χ2v) is 13.0. The summed E-state index contributed by atoms with van der Waals surface area (Å²) in [5.74, 6) is -1.57. The van der Waals surface area contributed by atoms with E-state index in [-0.39, 0.29) is 18.9 Å². The number of carbonyl (C=O) groups is 4. The topological polar surface area (TPSA) is 123 Å². The van der Waals surface area contributed by atoms with Gasteiger partial charge in [0.1, 0.15) is 30.3 Å². The van der Waals surface area contributed by atoms with Gasteiger partial charge in [0.15, 0.2) is 0 Å². The van der Waals surface area contributed by atoms with Crippen molar-refractivity contribution in [2.24, 2.45) is 5.92 Å². The van der Waals surface area contributed by atoms with Gasteiger partial charge in [0.05, 0.1) is 0 Å². The zero-order chi connectivity index (χ0) is 36.8. The molecule has 0 aliphatic heterocycles. The fourth-order valence-corrected chi connectivity index (χ4v) is 4.88. The zero-order valence-electron chi connectivity index (χ0n) is 31.0. The summed E-state index contributed by atoms with van der Waals surface area (Å²) < 4.78 is 11.0. The Kier molecular flexibility index (Phi) is 20.0. The van der Waals surface area contributed by atoms with Crippen molar-refractivity contribution in [3.8, 4) is 0 Å². The predicted molar refractivity (Wildman–Crippen MR) is 197 cm³/mol. The van der Waals surface area contributed by atoms with Crippen molar-refractivity contribution in [2.45, 2.75) is 125 Å². The molecule has 3 N–H and O–H groups in total. The molecule has 0 aliphatic carbocycles. The molecule has 3 amide bonds. The molecular weight excluding hydrogens is 618 g/mol. The van der Waals surface area contributed by atoms with Crippen molar-refractivity contribution in [1.82, 2.24) is 16.0 Å². The van der Waals surface area contributed by atoms with E-state index in [1.807, 2.05) is 114 Å². The lowest BCUT2D eigenvalue weighted by Gasteiger charge is -2.27. The van der Waals surface area contributed by atoms with Crippen LogP contribution in [0.1, 0.15) is 99.1 Å². The number of allylic oxidation sites excluding steroid dienone is 4. The van der Waals surface area contributed by atoms with Crippen molar-refractivity contribution >= 4 is 23.9 Å². The van der Waals surface area contributed by atoms with Gasteiger partial charge in [-0.1, -0.05) is 119 Å². The standard InChI is InChI=1S/C38H53N3O6.C2H6/c1-8-16-28(17-9-2)22-23-31(41-37(45)47-38(5,6)7)34(42)39-32(24-27(3)4)35(43)40-33(25-29-18-12-10-13-19-29)36(44)46-26-30-20-14-11-15-21-30;1-2/h8,10-21,27,31-33H,9,22-26H2,1-7H3,(H,39,42)(H,40,43)(H,41,45);1-2H3/b16-8-,28-17+;/t31-,32?,33-;/m0./s1. The molecule has 0 aliphatic rings. The first-order valence-electron chi connectivity index (χ1n) is 17.5. The highest BCUT2D eigenvalue weighted by molar-refractivity contribution is 5.93. The Balaban J connectivity index is 0.00000589. The third kappa shape index (κ3) is 18.1. The molecule has 3 atom stereocenters. The quantitative estimate of drug-likeness (QED) is 0.117. The number of hydrogen-bond acceptors (Lipinski definition) is 6. The van der Waals surface area contributed by atoms with Crippen LogP contribution in [0.25, 0.3) is 0 Å². The third-order valence-electron chi connectivity index (χ3n) is 7.02. The smallest absolute Gasteiger partial charge is 0.408 e. The molecule has 0 bridgehead atoms. The highest BCUT2D eigenvalue weighted by Gasteiger charge is 2.31. The molecule has 9 nitrogen and oxygen atoms in total. The summed E-state index contributed by atoms with van der Waals surface area (Å²) in [7, 11) is 0. The lowest BCUT2D eigenvalue weighted by Crippen LogP contribution is -2.56. The average molecular weight is 678 g/mol. The minimum Gasteiger partial charge on any atom is -0.459 e. The van der Waals surface area contributed by atoms with E-state index in [0.29, 0.717) is 19.3 Å². The van der Waals surface area contributed by atoms with Gasteiger partial charge in [-0.15, -0.1) is 0 Å². The van der Waals surface area contributed by atoms with E-state index >= 15 is 0 Å². The summed E-state index contributed by atoms with van der Waals surface area (Å²) in [5, 5.41) is 8.41. The van der Waals surface area contributed by atoms with Crippen LogP contribution in [-0.2, 0) is 36.9 Å². The summed E-state index contributed by atoms with van der Waals surface area (Å²) in [6.07, 6.45) is 7.42. The second-order valence-electron chi connectivity index (χ2n) is 13.0. The SMILES string of the molecule is C/C=C\C(=C/CC)CC[C@H](NC(=O)OC(C)(C)C)C(=O)NC(CC(C)C)C(=O)N[C@@H](Cc1ccccc1)C(=O)OCc1ccccc1.CC. The van der Waals surface area contributed by atoms with E-state index in [0.717, 1.165) is 23.1 Å². The normalized spacial score (nSPS) is 13.4. The number of carbonyl (C=O) groups excluding carboxylic acids is 4. The maximum atomic E-state index is 13.8. The number of hydrogen-bond donors (Lipinski definition) is 3. The number of rotatable bonds is 17. The first-order chi connectivity index (χ1) is 23.3. The Morgan fingerprint density at radius 3 is 1.88 bits per heavy atom. The first kappa shape index (κ1) is 42.6. The molecule has 0 saturated carbocycles. The first-order valence-corrected chi connectivity index (χ1v) is 17.5. The zero-order valence-corrected chi connectivity index (χ0v) is 31.0. The molecule has 9 heteroatoms. The molecular formula is C40H59N3O6. The van der Waals surface area contributed by atoms with Crippen molar-refractivity contribution in [3.05, 3.63) is 95.6 Å². The van der Waals surface area contributed by atoms with Gasteiger partial charge in [-0.25, -0.2) is 9.59 Å². The van der Waals surface area contributed by atoms with Crippen molar-refractivity contribution in [1.29, 1.82) is 0 Å². The fourth-order valence-electron chi connectivity index (χ4n) is 4.88. The maximum Gasteiger partial charge on any atom is 0.408 e. The number of amides is 3. The van der Waals surface area contributed by atoms with Crippen molar-refractivity contribution in [2.75, 3.05) is 0 Å². The summed E-state index contributed by atoms with van der Waals surface area (Å²) in [6.45, 7) is 17.1. The number of alkyl carbamates (subject to hydrolysis) is 1. The van der Waals surface area contributed by atoms with Crippen molar-refractivity contribution < 1.29 is 28.7 Å². The maximum absolute atomic E-state index is 13.8. The Labute approximate surface area is 294 Å². The fraction of sp³-hybridized carbons (Fsp3) is 0.500. The molecule has 2 aromatic rings. The summed E-state index contributed by atoms with van der Waals surface area (Å²) in [4.78, 5) is 53.6.